The molecule has 2 rings (SSSR count). The molecule has 0 saturated carbocycles. The molecule has 0 aliphatic carbocycles. The number of fused-ring (bicyclic) bond motifs is 1. The van der Waals surface area contributed by atoms with Gasteiger partial charge in [0, 0.05) is 16.1 Å². The second kappa shape index (κ2) is 1.68. The van der Waals surface area contributed by atoms with Gasteiger partial charge in [-0.05, 0) is 11.5 Å². The molecule has 0 aromatic carbocycles. The highest BCUT2D eigenvalue weighted by Crippen LogP contribution is 2.27. The first kappa shape index (κ1) is 5.20. The van der Waals surface area contributed by atoms with Gasteiger partial charge in [-0.1, -0.05) is 0 Å². The van der Waals surface area contributed by atoms with Crippen LogP contribution in [0.1, 0.15) is 0 Å². The van der Waals surface area contributed by atoms with Crippen LogP contribution >= 0.6 is 22.9 Å². The highest BCUT2D eigenvalue weighted by molar-refractivity contribution is 7.19. The van der Waals surface area contributed by atoms with Crippen molar-refractivity contribution in [1.82, 2.24) is 4.37 Å². The summed E-state index contributed by atoms with van der Waals surface area (Å²) in [5.41, 5.74) is 5.53. The molecule has 9 heavy (non-hydrogen) atoms. The van der Waals surface area contributed by atoms with Crippen molar-refractivity contribution >= 4 is 38.8 Å². The number of thiophene rings is 1. The van der Waals surface area contributed by atoms with E-state index in [1.807, 2.05) is 5.38 Å². The molecule has 0 radical (unpaired) electrons. The van der Waals surface area contributed by atoms with Crippen LogP contribution in [0.3, 0.4) is 0 Å². The largest absolute Gasteiger partial charge is 0.382 e. The average molecular weight is 156 g/mol. The molecule has 0 atom stereocenters. The number of rotatable bonds is 0. The molecule has 0 bridgehead atoms. The van der Waals surface area contributed by atoms with Crippen LogP contribution in [0.25, 0.3) is 10.1 Å². The standard InChI is InChI=1S/C5H4N2S2/c6-5-3-1-8-2-4(3)9-7-5/h1-2H,(H2,6,7). The summed E-state index contributed by atoms with van der Waals surface area (Å²) < 4.78 is 5.17. The lowest BCUT2D eigenvalue weighted by atomic mass is 10.4. The van der Waals surface area contributed by atoms with Crippen LogP contribution < -0.4 is 5.73 Å². The van der Waals surface area contributed by atoms with Gasteiger partial charge in [-0.2, -0.15) is 15.7 Å². The normalized spacial score (nSPS) is 10.7. The smallest absolute Gasteiger partial charge is 0.145 e. The van der Waals surface area contributed by atoms with E-state index < -0.39 is 0 Å². The molecule has 0 fully saturated rings. The maximum atomic E-state index is 5.53. The highest BCUT2D eigenvalue weighted by Gasteiger charge is 2.00. The Morgan fingerprint density at radius 2 is 2.33 bits per heavy atom. The Kier molecular flexibility index (Phi) is 0.972. The van der Waals surface area contributed by atoms with Crippen molar-refractivity contribution < 1.29 is 0 Å². The van der Waals surface area contributed by atoms with Gasteiger partial charge in [-0.25, -0.2) is 0 Å². The zero-order valence-electron chi connectivity index (χ0n) is 4.50. The first-order chi connectivity index (χ1) is 4.38. The van der Waals surface area contributed by atoms with Crippen LogP contribution in [-0.4, -0.2) is 4.37 Å². The summed E-state index contributed by atoms with van der Waals surface area (Å²) in [5, 5.41) is 5.18. The van der Waals surface area contributed by atoms with Crippen molar-refractivity contribution in [2.24, 2.45) is 0 Å². The summed E-state index contributed by atoms with van der Waals surface area (Å²) in [4.78, 5) is 0. The van der Waals surface area contributed by atoms with Gasteiger partial charge in [0.25, 0.3) is 0 Å². The Labute approximate surface area is 60.1 Å². The van der Waals surface area contributed by atoms with E-state index in [0.29, 0.717) is 5.82 Å². The summed E-state index contributed by atoms with van der Waals surface area (Å²) in [6, 6.07) is 0. The predicted molar refractivity (Wildman–Crippen MR) is 41.9 cm³/mol. The molecule has 0 unspecified atom stereocenters. The number of hydrogen-bond acceptors (Lipinski definition) is 4. The number of nitrogens with two attached hydrogens (primary N) is 1. The van der Waals surface area contributed by atoms with E-state index in [2.05, 4.69) is 9.75 Å². The predicted octanol–water partition coefficient (Wildman–Crippen LogP) is 1.94. The molecule has 2 aromatic heterocycles. The van der Waals surface area contributed by atoms with Crippen LogP contribution in [-0.2, 0) is 0 Å². The maximum absolute atomic E-state index is 5.53. The molecule has 0 saturated heterocycles. The Bertz CT molecular complexity index is 322. The minimum Gasteiger partial charge on any atom is -0.382 e. The average Bonchev–Trinajstić information content (AvgIpc) is 2.35. The van der Waals surface area contributed by atoms with Gasteiger partial charge in [0.2, 0.25) is 0 Å². The Morgan fingerprint density at radius 1 is 1.44 bits per heavy atom. The minimum atomic E-state index is 0.663. The van der Waals surface area contributed by atoms with E-state index in [9.17, 15) is 0 Å². The molecule has 0 amide bonds. The van der Waals surface area contributed by atoms with Gasteiger partial charge < -0.3 is 5.73 Å². The SMILES string of the molecule is Nc1nsc2cscc12. The Morgan fingerprint density at radius 3 is 3.11 bits per heavy atom. The van der Waals surface area contributed by atoms with Crippen LogP contribution in [0.2, 0.25) is 0 Å². The quantitative estimate of drug-likeness (QED) is 0.633. The van der Waals surface area contributed by atoms with Crippen molar-refractivity contribution in [2.75, 3.05) is 5.73 Å². The topological polar surface area (TPSA) is 38.9 Å². The van der Waals surface area contributed by atoms with E-state index in [0.717, 1.165) is 5.39 Å². The van der Waals surface area contributed by atoms with Crippen molar-refractivity contribution in [3.05, 3.63) is 10.8 Å². The molecule has 0 aliphatic rings. The molecule has 46 valence electrons. The monoisotopic (exact) mass is 156 g/mol. The summed E-state index contributed by atoms with van der Waals surface area (Å²) in [6.07, 6.45) is 0. The van der Waals surface area contributed by atoms with Gasteiger partial charge in [0.05, 0.1) is 4.70 Å². The number of nitrogen functional groups attached to an aromatic ring is 1. The van der Waals surface area contributed by atoms with Crippen LogP contribution in [0, 0.1) is 0 Å². The zero-order valence-corrected chi connectivity index (χ0v) is 6.13. The zero-order chi connectivity index (χ0) is 6.27. The summed E-state index contributed by atoms with van der Waals surface area (Å²) >= 11 is 3.12. The number of hydrogen-bond donors (Lipinski definition) is 1. The molecule has 0 spiro atoms. The first-order valence-corrected chi connectivity index (χ1v) is 4.16. The molecule has 2 N–H and O–H groups in total. The second-order valence-electron chi connectivity index (χ2n) is 1.72. The Balaban J connectivity index is 2.99. The van der Waals surface area contributed by atoms with Gasteiger partial charge in [0.1, 0.15) is 5.82 Å². The van der Waals surface area contributed by atoms with E-state index >= 15 is 0 Å². The van der Waals surface area contributed by atoms with E-state index in [4.69, 9.17) is 5.73 Å². The summed E-state index contributed by atoms with van der Waals surface area (Å²) in [6.45, 7) is 0. The highest BCUT2D eigenvalue weighted by atomic mass is 32.1. The Hall–Kier alpha value is -0.610. The molecule has 2 heterocycles. The van der Waals surface area contributed by atoms with E-state index in [1.165, 1.54) is 16.2 Å². The van der Waals surface area contributed by atoms with Crippen molar-refractivity contribution in [3.8, 4) is 0 Å². The van der Waals surface area contributed by atoms with Crippen LogP contribution in [0.5, 0.6) is 0 Å². The van der Waals surface area contributed by atoms with E-state index in [-0.39, 0.29) is 0 Å². The fourth-order valence-corrected chi connectivity index (χ4v) is 2.36. The summed E-state index contributed by atoms with van der Waals surface area (Å²) in [7, 11) is 0. The van der Waals surface area contributed by atoms with Crippen LogP contribution in [0.15, 0.2) is 10.8 Å². The van der Waals surface area contributed by atoms with Crippen molar-refractivity contribution in [2.45, 2.75) is 0 Å². The second-order valence-corrected chi connectivity index (χ2v) is 3.27. The maximum Gasteiger partial charge on any atom is 0.145 e. The molecule has 2 nitrogen and oxygen atoms in total. The van der Waals surface area contributed by atoms with Gasteiger partial charge in [-0.15, -0.1) is 0 Å². The lowest BCUT2D eigenvalue weighted by molar-refractivity contribution is 1.59. The van der Waals surface area contributed by atoms with Crippen molar-refractivity contribution in [3.63, 3.8) is 0 Å². The lowest BCUT2D eigenvalue weighted by Gasteiger charge is -1.75. The van der Waals surface area contributed by atoms with Crippen LogP contribution in [0.4, 0.5) is 5.82 Å². The third-order valence-corrected chi connectivity index (χ3v) is 2.86. The number of anilines is 1. The van der Waals surface area contributed by atoms with Gasteiger partial charge in [0.15, 0.2) is 0 Å². The molecule has 2 aromatic rings. The molecule has 4 heteroatoms. The van der Waals surface area contributed by atoms with Gasteiger partial charge in [-0.3, -0.25) is 0 Å². The van der Waals surface area contributed by atoms with E-state index in [1.54, 1.807) is 11.3 Å². The summed E-state index contributed by atoms with van der Waals surface area (Å²) in [5.74, 6) is 0.663. The third-order valence-electron chi connectivity index (χ3n) is 1.14. The number of nitrogens with zero attached hydrogens (tertiary/aromatic N) is 1. The third kappa shape index (κ3) is 0.635. The molecular weight excluding hydrogens is 152 g/mol. The fourth-order valence-electron chi connectivity index (χ4n) is 0.690. The number of aromatic nitrogens is 1. The van der Waals surface area contributed by atoms with Crippen molar-refractivity contribution in [1.29, 1.82) is 0 Å². The molecular formula is C5H4N2S2. The molecule has 0 aliphatic heterocycles. The minimum absolute atomic E-state index is 0.663. The van der Waals surface area contributed by atoms with Gasteiger partial charge >= 0.3 is 0 Å². The first-order valence-electron chi connectivity index (χ1n) is 2.45. The lowest BCUT2D eigenvalue weighted by Crippen LogP contribution is -1.80. The fraction of sp³-hybridized carbons (Fsp3) is 0.